The molecule has 0 spiro atoms. The van der Waals surface area contributed by atoms with Gasteiger partial charge >= 0.3 is 6.03 Å². The van der Waals surface area contributed by atoms with Crippen molar-refractivity contribution in [2.75, 3.05) is 39.3 Å². The molecule has 2 rings (SSSR count). The lowest BCUT2D eigenvalue weighted by molar-refractivity contribution is 0.136. The van der Waals surface area contributed by atoms with Gasteiger partial charge in [0, 0.05) is 32.2 Å². The molecule has 0 radical (unpaired) electrons. The summed E-state index contributed by atoms with van der Waals surface area (Å²) in [4.78, 5) is 16.6. The minimum atomic E-state index is 0.152. The number of nitrogens with one attached hydrogen (secondary N) is 1. The van der Waals surface area contributed by atoms with Crippen LogP contribution >= 0.6 is 0 Å². The average molecular weight is 282 g/mol. The zero-order valence-corrected chi connectivity index (χ0v) is 12.6. The number of hydrogen-bond donors (Lipinski definition) is 2. The number of carbonyl (C=O) groups excluding carboxylic acids is 1. The second kappa shape index (κ2) is 8.47. The Hall–Kier alpha value is -0.810. The molecule has 2 aliphatic rings. The normalized spacial score (nSPS) is 21.4. The van der Waals surface area contributed by atoms with Gasteiger partial charge in [0.2, 0.25) is 0 Å². The van der Waals surface area contributed by atoms with E-state index in [1.807, 2.05) is 4.90 Å². The van der Waals surface area contributed by atoms with E-state index in [1.165, 1.54) is 25.7 Å². The van der Waals surface area contributed by atoms with E-state index in [4.69, 9.17) is 5.73 Å². The van der Waals surface area contributed by atoms with Crippen molar-refractivity contribution in [1.29, 1.82) is 0 Å². The summed E-state index contributed by atoms with van der Waals surface area (Å²) in [6.07, 6.45) is 8.43. The minimum Gasteiger partial charge on any atom is -0.335 e. The van der Waals surface area contributed by atoms with Crippen LogP contribution in [0.3, 0.4) is 0 Å². The molecule has 1 saturated carbocycles. The lowest BCUT2D eigenvalue weighted by Crippen LogP contribution is -2.53. The Morgan fingerprint density at radius 3 is 2.40 bits per heavy atom. The van der Waals surface area contributed by atoms with Crippen LogP contribution in [-0.4, -0.2) is 61.1 Å². The van der Waals surface area contributed by atoms with E-state index in [-0.39, 0.29) is 6.03 Å². The fourth-order valence-electron chi connectivity index (χ4n) is 3.17. The summed E-state index contributed by atoms with van der Waals surface area (Å²) in [7, 11) is 0. The minimum absolute atomic E-state index is 0.152. The van der Waals surface area contributed by atoms with Crippen LogP contribution in [-0.2, 0) is 0 Å². The van der Waals surface area contributed by atoms with E-state index < -0.39 is 0 Å². The van der Waals surface area contributed by atoms with E-state index in [1.54, 1.807) is 0 Å². The molecule has 0 aromatic heterocycles. The molecule has 20 heavy (non-hydrogen) atoms. The molecule has 1 aliphatic heterocycles. The maximum absolute atomic E-state index is 12.1. The third-order valence-electron chi connectivity index (χ3n) is 4.52. The number of rotatable bonds is 6. The van der Waals surface area contributed by atoms with Crippen molar-refractivity contribution in [3.8, 4) is 0 Å². The van der Waals surface area contributed by atoms with Gasteiger partial charge in [-0.2, -0.15) is 0 Å². The van der Waals surface area contributed by atoms with Crippen molar-refractivity contribution < 1.29 is 4.79 Å². The van der Waals surface area contributed by atoms with Crippen molar-refractivity contribution in [1.82, 2.24) is 15.1 Å². The van der Waals surface area contributed by atoms with Gasteiger partial charge in [-0.05, 0) is 38.8 Å². The van der Waals surface area contributed by atoms with Gasteiger partial charge < -0.3 is 16.0 Å². The summed E-state index contributed by atoms with van der Waals surface area (Å²) in [6.45, 7) is 5.72. The zero-order chi connectivity index (χ0) is 14.2. The van der Waals surface area contributed by atoms with Gasteiger partial charge in [0.1, 0.15) is 0 Å². The van der Waals surface area contributed by atoms with Crippen molar-refractivity contribution in [3.05, 3.63) is 0 Å². The van der Waals surface area contributed by atoms with Gasteiger partial charge in [-0.15, -0.1) is 0 Å². The average Bonchev–Trinajstić information content (AvgIpc) is 2.97. The third kappa shape index (κ3) is 4.94. The molecule has 116 valence electrons. The van der Waals surface area contributed by atoms with Crippen LogP contribution in [0.1, 0.15) is 44.9 Å². The summed E-state index contributed by atoms with van der Waals surface area (Å²) < 4.78 is 0. The van der Waals surface area contributed by atoms with E-state index in [0.29, 0.717) is 6.04 Å². The van der Waals surface area contributed by atoms with Crippen LogP contribution in [0.4, 0.5) is 4.79 Å². The fraction of sp³-hybridized carbons (Fsp3) is 0.933. The van der Waals surface area contributed by atoms with Crippen LogP contribution in [0.15, 0.2) is 0 Å². The fourth-order valence-corrected chi connectivity index (χ4v) is 3.17. The Morgan fingerprint density at radius 2 is 1.75 bits per heavy atom. The first kappa shape index (κ1) is 15.6. The molecular formula is C15H30N4O. The predicted molar refractivity (Wildman–Crippen MR) is 81.7 cm³/mol. The van der Waals surface area contributed by atoms with Crippen LogP contribution in [0.5, 0.6) is 0 Å². The molecule has 1 saturated heterocycles. The SMILES string of the molecule is NCCCCCN1CCN(C(=O)NC2CCCC2)CC1. The Morgan fingerprint density at radius 1 is 1.05 bits per heavy atom. The standard InChI is InChI=1S/C15H30N4O/c16-8-4-1-5-9-18-10-12-19(13-11-18)15(20)17-14-6-2-3-7-14/h14H,1-13,16H2,(H,17,20). The topological polar surface area (TPSA) is 61.6 Å². The first-order valence-corrected chi connectivity index (χ1v) is 8.27. The first-order valence-electron chi connectivity index (χ1n) is 8.27. The molecule has 2 fully saturated rings. The molecule has 0 aromatic rings. The highest BCUT2D eigenvalue weighted by Gasteiger charge is 2.23. The van der Waals surface area contributed by atoms with Gasteiger partial charge in [0.15, 0.2) is 0 Å². The first-order chi connectivity index (χ1) is 9.79. The number of hydrogen-bond acceptors (Lipinski definition) is 3. The molecule has 0 unspecified atom stereocenters. The molecule has 5 heteroatoms. The van der Waals surface area contributed by atoms with Gasteiger partial charge in [0.05, 0.1) is 0 Å². The zero-order valence-electron chi connectivity index (χ0n) is 12.6. The molecule has 0 bridgehead atoms. The number of nitrogens with two attached hydrogens (primary N) is 1. The van der Waals surface area contributed by atoms with E-state index in [9.17, 15) is 4.79 Å². The van der Waals surface area contributed by atoms with Crippen molar-refractivity contribution >= 4 is 6.03 Å². The maximum atomic E-state index is 12.1. The van der Waals surface area contributed by atoms with Crippen molar-refractivity contribution in [3.63, 3.8) is 0 Å². The van der Waals surface area contributed by atoms with Gasteiger partial charge in [-0.3, -0.25) is 4.90 Å². The molecular weight excluding hydrogens is 252 g/mol. The molecule has 0 aromatic carbocycles. The van der Waals surface area contributed by atoms with Crippen molar-refractivity contribution in [2.24, 2.45) is 5.73 Å². The van der Waals surface area contributed by atoms with E-state index >= 15 is 0 Å². The summed E-state index contributed by atoms with van der Waals surface area (Å²) in [6, 6.07) is 0.580. The van der Waals surface area contributed by atoms with E-state index in [0.717, 1.165) is 58.5 Å². The smallest absolute Gasteiger partial charge is 0.317 e. The van der Waals surface area contributed by atoms with Crippen LogP contribution in [0.2, 0.25) is 0 Å². The Labute approximate surface area is 122 Å². The Balaban J connectivity index is 1.59. The molecule has 1 heterocycles. The number of carbonyl (C=O) groups is 1. The number of piperazine rings is 1. The molecule has 1 aliphatic carbocycles. The third-order valence-corrected chi connectivity index (χ3v) is 4.52. The molecule has 2 amide bonds. The number of unbranched alkanes of at least 4 members (excludes halogenated alkanes) is 2. The lowest BCUT2D eigenvalue weighted by atomic mass is 10.2. The second-order valence-corrected chi connectivity index (χ2v) is 6.11. The van der Waals surface area contributed by atoms with Gasteiger partial charge in [-0.1, -0.05) is 19.3 Å². The summed E-state index contributed by atoms with van der Waals surface area (Å²) in [5.41, 5.74) is 5.50. The number of urea groups is 1. The number of nitrogens with zero attached hydrogens (tertiary/aromatic N) is 2. The van der Waals surface area contributed by atoms with Crippen LogP contribution in [0, 0.1) is 0 Å². The highest BCUT2D eigenvalue weighted by Crippen LogP contribution is 2.18. The van der Waals surface area contributed by atoms with Crippen molar-refractivity contribution in [2.45, 2.75) is 51.0 Å². The van der Waals surface area contributed by atoms with Crippen LogP contribution < -0.4 is 11.1 Å². The highest BCUT2D eigenvalue weighted by molar-refractivity contribution is 5.74. The lowest BCUT2D eigenvalue weighted by Gasteiger charge is -2.35. The second-order valence-electron chi connectivity index (χ2n) is 6.11. The quantitative estimate of drug-likeness (QED) is 0.724. The molecule has 3 N–H and O–H groups in total. The summed E-state index contributed by atoms with van der Waals surface area (Å²) in [5.74, 6) is 0. The maximum Gasteiger partial charge on any atom is 0.317 e. The summed E-state index contributed by atoms with van der Waals surface area (Å²) >= 11 is 0. The predicted octanol–water partition coefficient (Wildman–Crippen LogP) is 1.39. The van der Waals surface area contributed by atoms with Gasteiger partial charge in [-0.25, -0.2) is 4.79 Å². The number of amides is 2. The molecule has 5 nitrogen and oxygen atoms in total. The Kier molecular flexibility index (Phi) is 6.60. The van der Waals surface area contributed by atoms with Gasteiger partial charge in [0.25, 0.3) is 0 Å². The largest absolute Gasteiger partial charge is 0.335 e. The van der Waals surface area contributed by atoms with E-state index in [2.05, 4.69) is 10.2 Å². The highest BCUT2D eigenvalue weighted by atomic mass is 16.2. The monoisotopic (exact) mass is 282 g/mol. The molecule has 0 atom stereocenters. The Bertz CT molecular complexity index is 284. The summed E-state index contributed by atoms with van der Waals surface area (Å²) in [5, 5.41) is 3.18. The van der Waals surface area contributed by atoms with Crippen LogP contribution in [0.25, 0.3) is 0 Å².